The van der Waals surface area contributed by atoms with E-state index in [0.717, 1.165) is 68.0 Å². The Morgan fingerprint density at radius 3 is 2.26 bits per heavy atom. The minimum Gasteiger partial charge on any atom is -0.494 e. The lowest BCUT2D eigenvalue weighted by molar-refractivity contribution is -0.132. The lowest BCUT2D eigenvalue weighted by atomic mass is 10.1. The van der Waals surface area contributed by atoms with E-state index in [-0.39, 0.29) is 11.3 Å². The standard InChI is InChI=1S/C25H37NO5/c1-5-8-11-12-17-30-23-21-14-13-20(29-16-10-7-3)18-22(21)26(15-9-6-2)25(28)24(23)31-19(4)27/h13-14,18H,5-12,15-17H2,1-4H3. The van der Waals surface area contributed by atoms with Crippen molar-refractivity contribution < 1.29 is 19.0 Å². The fraction of sp³-hybridized carbons (Fsp3) is 0.600. The maximum atomic E-state index is 13.3. The summed E-state index contributed by atoms with van der Waals surface area (Å²) in [6, 6.07) is 5.67. The topological polar surface area (TPSA) is 66.8 Å². The number of unbranched alkanes of at least 4 members (excludes halogenated alkanes) is 5. The second-order valence-electron chi connectivity index (χ2n) is 7.85. The summed E-state index contributed by atoms with van der Waals surface area (Å²) in [6.07, 6.45) is 8.01. The van der Waals surface area contributed by atoms with Crippen molar-refractivity contribution in [3.05, 3.63) is 28.6 Å². The van der Waals surface area contributed by atoms with Crippen LogP contribution in [0.2, 0.25) is 0 Å². The van der Waals surface area contributed by atoms with Crippen LogP contribution in [-0.4, -0.2) is 23.8 Å². The van der Waals surface area contributed by atoms with Gasteiger partial charge in [-0.15, -0.1) is 0 Å². The van der Waals surface area contributed by atoms with Gasteiger partial charge in [0.15, 0.2) is 5.75 Å². The number of aromatic nitrogens is 1. The molecule has 0 aliphatic rings. The Hall–Kier alpha value is -2.50. The molecule has 0 saturated carbocycles. The molecule has 0 fully saturated rings. The van der Waals surface area contributed by atoms with Crippen molar-refractivity contribution in [1.29, 1.82) is 0 Å². The first-order valence-electron chi connectivity index (χ1n) is 11.7. The van der Waals surface area contributed by atoms with Crippen molar-refractivity contribution in [2.24, 2.45) is 0 Å². The molecule has 0 aliphatic carbocycles. The number of carbonyl (C=O) groups excluding carboxylic acids is 1. The van der Waals surface area contributed by atoms with Gasteiger partial charge < -0.3 is 18.8 Å². The SMILES string of the molecule is CCCCCCOc1c(OC(C)=O)c(=O)n(CCCC)c2cc(OCCCC)ccc12. The molecule has 0 aliphatic heterocycles. The van der Waals surface area contributed by atoms with Crippen LogP contribution in [0, 0.1) is 0 Å². The number of rotatable bonds is 14. The van der Waals surface area contributed by atoms with Gasteiger partial charge in [0.1, 0.15) is 5.75 Å². The van der Waals surface area contributed by atoms with Crippen molar-refractivity contribution >= 4 is 16.9 Å². The van der Waals surface area contributed by atoms with E-state index in [1.54, 1.807) is 4.57 Å². The smallest absolute Gasteiger partial charge is 0.308 e. The minimum atomic E-state index is -0.533. The first-order chi connectivity index (χ1) is 15.0. The number of aryl methyl sites for hydroxylation is 1. The normalized spacial score (nSPS) is 11.0. The lowest BCUT2D eigenvalue weighted by Crippen LogP contribution is -2.25. The van der Waals surface area contributed by atoms with Gasteiger partial charge in [0.2, 0.25) is 5.75 Å². The molecular formula is C25H37NO5. The fourth-order valence-corrected chi connectivity index (χ4v) is 3.42. The first kappa shape index (κ1) is 24.8. The number of fused-ring (bicyclic) bond motifs is 1. The Kier molecular flexibility index (Phi) is 10.4. The maximum absolute atomic E-state index is 13.3. The third kappa shape index (κ3) is 7.01. The monoisotopic (exact) mass is 431 g/mol. The first-order valence-corrected chi connectivity index (χ1v) is 11.7. The third-order valence-corrected chi connectivity index (χ3v) is 5.14. The van der Waals surface area contributed by atoms with Gasteiger partial charge in [-0.3, -0.25) is 9.59 Å². The molecule has 0 saturated heterocycles. The highest BCUT2D eigenvalue weighted by atomic mass is 16.6. The van der Waals surface area contributed by atoms with Gasteiger partial charge in [0.05, 0.1) is 18.7 Å². The highest BCUT2D eigenvalue weighted by molar-refractivity contribution is 5.90. The molecule has 0 unspecified atom stereocenters. The van der Waals surface area contributed by atoms with E-state index in [4.69, 9.17) is 14.2 Å². The summed E-state index contributed by atoms with van der Waals surface area (Å²) >= 11 is 0. The second kappa shape index (κ2) is 13.0. The highest BCUT2D eigenvalue weighted by Gasteiger charge is 2.21. The van der Waals surface area contributed by atoms with E-state index in [1.807, 2.05) is 18.2 Å². The van der Waals surface area contributed by atoms with E-state index < -0.39 is 5.97 Å². The summed E-state index contributed by atoms with van der Waals surface area (Å²) in [7, 11) is 0. The third-order valence-electron chi connectivity index (χ3n) is 5.14. The quantitative estimate of drug-likeness (QED) is 0.277. The molecule has 1 aromatic heterocycles. The van der Waals surface area contributed by atoms with Crippen molar-refractivity contribution in [2.75, 3.05) is 13.2 Å². The van der Waals surface area contributed by atoms with Crippen LogP contribution in [0.15, 0.2) is 23.0 Å². The van der Waals surface area contributed by atoms with Gasteiger partial charge in [0.25, 0.3) is 5.56 Å². The highest BCUT2D eigenvalue weighted by Crippen LogP contribution is 2.35. The lowest BCUT2D eigenvalue weighted by Gasteiger charge is -2.18. The number of hydrogen-bond donors (Lipinski definition) is 0. The number of ether oxygens (including phenoxy) is 3. The molecule has 0 spiro atoms. The zero-order valence-corrected chi connectivity index (χ0v) is 19.5. The molecule has 172 valence electrons. The zero-order chi connectivity index (χ0) is 22.6. The predicted octanol–water partition coefficient (Wildman–Crippen LogP) is 5.86. The average Bonchev–Trinajstić information content (AvgIpc) is 2.75. The van der Waals surface area contributed by atoms with E-state index in [0.29, 0.717) is 25.5 Å². The van der Waals surface area contributed by atoms with E-state index in [9.17, 15) is 9.59 Å². The summed E-state index contributed by atoms with van der Waals surface area (Å²) < 4.78 is 19.0. The van der Waals surface area contributed by atoms with E-state index >= 15 is 0 Å². The zero-order valence-electron chi connectivity index (χ0n) is 19.5. The van der Waals surface area contributed by atoms with E-state index in [1.165, 1.54) is 6.92 Å². The van der Waals surface area contributed by atoms with Crippen LogP contribution >= 0.6 is 0 Å². The molecule has 0 N–H and O–H groups in total. The van der Waals surface area contributed by atoms with Crippen LogP contribution < -0.4 is 19.8 Å². The number of hydrogen-bond acceptors (Lipinski definition) is 5. The number of esters is 1. The van der Waals surface area contributed by atoms with Gasteiger partial charge in [-0.25, -0.2) is 0 Å². The largest absolute Gasteiger partial charge is 0.494 e. The van der Waals surface area contributed by atoms with Gasteiger partial charge in [0, 0.05) is 24.9 Å². The van der Waals surface area contributed by atoms with Crippen molar-refractivity contribution in [1.82, 2.24) is 4.57 Å². The maximum Gasteiger partial charge on any atom is 0.308 e. The Morgan fingerprint density at radius 2 is 1.58 bits per heavy atom. The number of nitrogens with zero attached hydrogens (tertiary/aromatic N) is 1. The molecule has 1 heterocycles. The molecule has 0 radical (unpaired) electrons. The van der Waals surface area contributed by atoms with Crippen LogP contribution in [0.4, 0.5) is 0 Å². The molecule has 6 nitrogen and oxygen atoms in total. The Balaban J connectivity index is 2.54. The van der Waals surface area contributed by atoms with Gasteiger partial charge >= 0.3 is 5.97 Å². The molecule has 0 amide bonds. The fourth-order valence-electron chi connectivity index (χ4n) is 3.42. The summed E-state index contributed by atoms with van der Waals surface area (Å²) in [4.78, 5) is 25.1. The van der Waals surface area contributed by atoms with Crippen molar-refractivity contribution in [3.8, 4) is 17.2 Å². The Labute approximate surface area is 185 Å². The summed E-state index contributed by atoms with van der Waals surface area (Å²) in [6.45, 7) is 9.29. The molecule has 2 rings (SSSR count). The van der Waals surface area contributed by atoms with Crippen LogP contribution in [0.5, 0.6) is 17.2 Å². The molecule has 2 aromatic rings. The van der Waals surface area contributed by atoms with Crippen LogP contribution in [0.25, 0.3) is 10.9 Å². The Bertz CT molecular complexity index is 903. The predicted molar refractivity (Wildman–Crippen MR) is 124 cm³/mol. The minimum absolute atomic E-state index is 0.0220. The number of carbonyl (C=O) groups is 1. The van der Waals surface area contributed by atoms with Gasteiger partial charge in [-0.2, -0.15) is 0 Å². The second-order valence-corrected chi connectivity index (χ2v) is 7.85. The van der Waals surface area contributed by atoms with Crippen LogP contribution in [-0.2, 0) is 11.3 Å². The molecule has 0 bridgehead atoms. The number of benzene rings is 1. The van der Waals surface area contributed by atoms with Crippen LogP contribution in [0.1, 0.15) is 79.1 Å². The average molecular weight is 432 g/mol. The summed E-state index contributed by atoms with van der Waals surface area (Å²) in [5.41, 5.74) is 0.400. The van der Waals surface area contributed by atoms with Crippen molar-refractivity contribution in [3.63, 3.8) is 0 Å². The van der Waals surface area contributed by atoms with Gasteiger partial charge in [-0.1, -0.05) is 52.9 Å². The van der Waals surface area contributed by atoms with Gasteiger partial charge in [-0.05, 0) is 31.4 Å². The molecule has 0 atom stereocenters. The van der Waals surface area contributed by atoms with E-state index in [2.05, 4.69) is 20.8 Å². The molecular weight excluding hydrogens is 394 g/mol. The molecule has 31 heavy (non-hydrogen) atoms. The van der Waals surface area contributed by atoms with Crippen LogP contribution in [0.3, 0.4) is 0 Å². The number of pyridine rings is 1. The molecule has 1 aromatic carbocycles. The molecule has 6 heteroatoms. The Morgan fingerprint density at radius 1 is 0.871 bits per heavy atom. The summed E-state index contributed by atoms with van der Waals surface area (Å²) in [5, 5.41) is 0.755. The summed E-state index contributed by atoms with van der Waals surface area (Å²) in [5.74, 6) is 0.513. The van der Waals surface area contributed by atoms with Crippen molar-refractivity contribution in [2.45, 2.75) is 85.6 Å².